The summed E-state index contributed by atoms with van der Waals surface area (Å²) in [6, 6.07) is -5.34. The van der Waals surface area contributed by atoms with Crippen molar-refractivity contribution in [1.82, 2.24) is 15.5 Å². The number of quaternary nitrogens is 1. The number of carboxylic acid groups (broad SMARTS) is 1. The fourth-order valence-corrected chi connectivity index (χ4v) is 3.49. The van der Waals surface area contributed by atoms with E-state index in [9.17, 15) is 34.5 Å². The number of nitrogens with two attached hydrogens (primary N) is 3. The second-order valence-electron chi connectivity index (χ2n) is 9.10. The van der Waals surface area contributed by atoms with Gasteiger partial charge in [-0.05, 0) is 19.3 Å². The molecule has 0 saturated carbocycles. The van der Waals surface area contributed by atoms with Gasteiger partial charge in [0, 0.05) is 12.8 Å². The molecule has 0 saturated heterocycles. The zero-order chi connectivity index (χ0) is 27.0. The molecule has 0 spiro atoms. The van der Waals surface area contributed by atoms with E-state index in [2.05, 4.69) is 21.4 Å². The van der Waals surface area contributed by atoms with Crippen molar-refractivity contribution >= 4 is 29.8 Å². The third kappa shape index (κ3) is 8.93. The standard InChI is InChI=1S/C20H38N8O7/c1-8(2)15(18(33)34)27-16(31)9(3)25-17(32)14(22)11(21)4-5-12(29)13(30)6-10-7-28(20(24)35)19(23)26-10/h8-15,29-30H,4-7,21-22H2,1-3H3,(H2,23,26)(H2,24,35)(H,25,32)(H,27,31)(H,33,34)/t9-,10?,11-,12+,13-,14-,15-/m0/s1. The third-order valence-electron chi connectivity index (χ3n) is 5.82. The lowest BCUT2D eigenvalue weighted by molar-refractivity contribution is -0.423. The number of nitrogens with zero attached hydrogens (tertiary/aromatic N) is 2. The first-order chi connectivity index (χ1) is 16.1. The van der Waals surface area contributed by atoms with Crippen LogP contribution in [0.25, 0.3) is 0 Å². The molecule has 4 amide bonds. The van der Waals surface area contributed by atoms with Crippen LogP contribution in [0.15, 0.2) is 4.99 Å². The zero-order valence-corrected chi connectivity index (χ0v) is 20.2. The predicted octanol–water partition coefficient (Wildman–Crippen LogP) is -5.71. The first kappa shape index (κ1) is 30.0. The van der Waals surface area contributed by atoms with Crippen LogP contribution < -0.4 is 38.7 Å². The number of amides is 4. The number of hydrogen-bond donors (Lipinski definition) is 8. The first-order valence-electron chi connectivity index (χ1n) is 11.3. The number of aliphatic carboxylic acids is 1. The fourth-order valence-electron chi connectivity index (χ4n) is 3.49. The summed E-state index contributed by atoms with van der Waals surface area (Å²) >= 11 is 0. The molecule has 1 unspecified atom stereocenters. The van der Waals surface area contributed by atoms with Crippen LogP contribution in [0.5, 0.6) is 0 Å². The molecule has 15 heteroatoms. The number of carbonyl (C=O) groups excluding carboxylic acids is 4. The summed E-state index contributed by atoms with van der Waals surface area (Å²) < 4.78 is 0. The number of guanidine groups is 1. The molecule has 0 aromatic rings. The van der Waals surface area contributed by atoms with E-state index >= 15 is 0 Å². The molecule has 0 aliphatic carbocycles. The summed E-state index contributed by atoms with van der Waals surface area (Å²) in [6.45, 7) is 4.68. The number of aliphatic hydroxyl groups is 2. The minimum Gasteiger partial charge on any atom is -0.548 e. The zero-order valence-electron chi connectivity index (χ0n) is 20.2. The highest BCUT2D eigenvalue weighted by Gasteiger charge is 2.32. The van der Waals surface area contributed by atoms with Crippen molar-refractivity contribution < 1.29 is 40.2 Å². The third-order valence-corrected chi connectivity index (χ3v) is 5.82. The van der Waals surface area contributed by atoms with Crippen molar-refractivity contribution in [2.45, 2.75) is 82.5 Å². The van der Waals surface area contributed by atoms with E-state index < -0.39 is 72.1 Å². The molecule has 1 aliphatic rings. The van der Waals surface area contributed by atoms with Gasteiger partial charge in [0.2, 0.25) is 11.8 Å². The number of rotatable bonds is 13. The van der Waals surface area contributed by atoms with Crippen molar-refractivity contribution in [1.29, 1.82) is 0 Å². The van der Waals surface area contributed by atoms with Crippen molar-refractivity contribution in [2.75, 3.05) is 6.54 Å². The molecular weight excluding hydrogens is 464 g/mol. The van der Waals surface area contributed by atoms with E-state index in [4.69, 9.17) is 17.2 Å². The van der Waals surface area contributed by atoms with Gasteiger partial charge in [0.05, 0.1) is 36.8 Å². The molecule has 7 atom stereocenters. The Hall–Kier alpha value is -3.01. The normalized spacial score (nSPS) is 20.9. The van der Waals surface area contributed by atoms with Crippen LogP contribution in [0.3, 0.4) is 0 Å². The summed E-state index contributed by atoms with van der Waals surface area (Å²) in [5.41, 5.74) is 20.5. The molecular formula is C20H38N8O7. The molecule has 35 heavy (non-hydrogen) atoms. The Morgan fingerprint density at radius 3 is 2.23 bits per heavy atom. The van der Waals surface area contributed by atoms with Gasteiger partial charge in [0.25, 0.3) is 0 Å². The van der Waals surface area contributed by atoms with Crippen LogP contribution in [-0.2, 0) is 14.4 Å². The van der Waals surface area contributed by atoms with E-state index in [1.807, 2.05) is 0 Å². The van der Waals surface area contributed by atoms with Crippen molar-refractivity contribution in [3.63, 3.8) is 0 Å². The van der Waals surface area contributed by atoms with E-state index in [0.29, 0.717) is 0 Å². The monoisotopic (exact) mass is 502 g/mol. The second kappa shape index (κ2) is 13.2. The minimum atomic E-state index is -1.43. The van der Waals surface area contributed by atoms with E-state index in [-0.39, 0.29) is 31.8 Å². The lowest BCUT2D eigenvalue weighted by Gasteiger charge is -2.26. The topological polar surface area (TPSA) is 277 Å². The first-order valence-corrected chi connectivity index (χ1v) is 11.3. The van der Waals surface area contributed by atoms with Crippen molar-refractivity contribution in [2.24, 2.45) is 28.1 Å². The fraction of sp³-hybridized carbons (Fsp3) is 0.750. The maximum atomic E-state index is 12.4. The average molecular weight is 503 g/mol. The number of aliphatic hydroxyl groups excluding tert-OH is 2. The lowest BCUT2D eigenvalue weighted by Crippen LogP contribution is -2.72. The number of carbonyl (C=O) groups is 4. The molecule has 1 rings (SSSR count). The molecule has 0 fully saturated rings. The SMILES string of the molecule is CC(C)[C@H](NC(=O)[C@H](C)NC(=O)[C@@H](N)[C@@H]([NH3+])CC[C@@H](O)[C@@H](O)CC1CN(C(N)=O)C(N)=N1)C(=O)[O-]. The summed E-state index contributed by atoms with van der Waals surface area (Å²) in [5.74, 6) is -3.30. The quantitative estimate of drug-likeness (QED) is 0.119. The highest BCUT2D eigenvalue weighted by Crippen LogP contribution is 2.16. The number of nitrogens with one attached hydrogen (secondary N) is 2. The van der Waals surface area contributed by atoms with Gasteiger partial charge < -0.3 is 53.7 Å². The Kier molecular flexibility index (Phi) is 11.3. The summed E-state index contributed by atoms with van der Waals surface area (Å²) in [6.07, 6.45) is -2.06. The van der Waals surface area contributed by atoms with E-state index in [0.717, 1.165) is 4.90 Å². The molecule has 0 bridgehead atoms. The molecule has 0 radical (unpaired) electrons. The van der Waals surface area contributed by atoms with Gasteiger partial charge in [-0.15, -0.1) is 0 Å². The van der Waals surface area contributed by atoms with Crippen LogP contribution in [0.4, 0.5) is 4.79 Å². The Morgan fingerprint density at radius 1 is 1.14 bits per heavy atom. The number of carboxylic acids is 1. The number of urea groups is 1. The molecule has 1 aliphatic heterocycles. The Bertz CT molecular complexity index is 808. The minimum absolute atomic E-state index is 0.0376. The largest absolute Gasteiger partial charge is 0.548 e. The highest BCUT2D eigenvalue weighted by atomic mass is 16.4. The number of hydrogen-bond acceptors (Lipinski definition) is 10. The maximum absolute atomic E-state index is 12.4. The molecule has 0 aromatic carbocycles. The van der Waals surface area contributed by atoms with Gasteiger partial charge in [0.1, 0.15) is 18.1 Å². The van der Waals surface area contributed by atoms with Gasteiger partial charge in [-0.2, -0.15) is 0 Å². The van der Waals surface area contributed by atoms with Gasteiger partial charge in [-0.1, -0.05) is 13.8 Å². The van der Waals surface area contributed by atoms with Crippen LogP contribution in [-0.4, -0.2) is 93.8 Å². The molecule has 200 valence electrons. The molecule has 0 aromatic heterocycles. The lowest BCUT2D eigenvalue weighted by atomic mass is 9.96. The van der Waals surface area contributed by atoms with Crippen molar-refractivity contribution in [3.8, 4) is 0 Å². The summed E-state index contributed by atoms with van der Waals surface area (Å²) in [7, 11) is 0. The van der Waals surface area contributed by atoms with E-state index in [1.165, 1.54) is 6.92 Å². The van der Waals surface area contributed by atoms with Crippen molar-refractivity contribution in [3.05, 3.63) is 0 Å². The Morgan fingerprint density at radius 2 is 1.74 bits per heavy atom. The number of aliphatic imine (C=N–C) groups is 1. The Labute approximate surface area is 203 Å². The van der Waals surface area contributed by atoms with Gasteiger partial charge in [-0.25, -0.2) is 9.79 Å². The smallest absolute Gasteiger partial charge is 0.321 e. The average Bonchev–Trinajstić information content (AvgIpc) is 3.14. The molecule has 15 nitrogen and oxygen atoms in total. The van der Waals surface area contributed by atoms with Gasteiger partial charge in [0.15, 0.2) is 5.96 Å². The van der Waals surface area contributed by atoms with Crippen LogP contribution >= 0.6 is 0 Å². The van der Waals surface area contributed by atoms with Crippen LogP contribution in [0.1, 0.15) is 40.0 Å². The van der Waals surface area contributed by atoms with Crippen LogP contribution in [0.2, 0.25) is 0 Å². The Balaban J connectivity index is 2.50. The summed E-state index contributed by atoms with van der Waals surface area (Å²) in [5, 5.41) is 36.4. The van der Waals surface area contributed by atoms with Gasteiger partial charge in [-0.3, -0.25) is 14.5 Å². The summed E-state index contributed by atoms with van der Waals surface area (Å²) in [4.78, 5) is 52.1. The highest BCUT2D eigenvalue weighted by molar-refractivity contribution is 5.96. The molecule has 13 N–H and O–H groups in total. The molecule has 1 heterocycles. The predicted molar refractivity (Wildman–Crippen MR) is 122 cm³/mol. The van der Waals surface area contributed by atoms with Gasteiger partial charge >= 0.3 is 6.03 Å². The van der Waals surface area contributed by atoms with E-state index in [1.54, 1.807) is 13.8 Å². The van der Waals surface area contributed by atoms with Crippen LogP contribution in [0, 0.1) is 5.92 Å². The maximum Gasteiger partial charge on any atom is 0.321 e. The number of primary amides is 1. The second-order valence-corrected chi connectivity index (χ2v) is 9.10.